The van der Waals surface area contributed by atoms with Crippen molar-refractivity contribution >= 4 is 0 Å². The first-order valence-corrected chi connectivity index (χ1v) is 6.48. The molecule has 1 aliphatic rings. The fourth-order valence-corrected chi connectivity index (χ4v) is 2.79. The van der Waals surface area contributed by atoms with Gasteiger partial charge in [-0.2, -0.15) is 0 Å². The van der Waals surface area contributed by atoms with Gasteiger partial charge < -0.3 is 5.73 Å². The van der Waals surface area contributed by atoms with E-state index in [4.69, 9.17) is 5.73 Å². The molecular formula is C13H27N. The molecule has 3 unspecified atom stereocenters. The molecule has 0 spiro atoms. The van der Waals surface area contributed by atoms with Crippen LogP contribution in [0.25, 0.3) is 0 Å². The maximum Gasteiger partial charge on any atom is 0.00388 e. The highest BCUT2D eigenvalue weighted by Crippen LogP contribution is 2.31. The van der Waals surface area contributed by atoms with Crippen LogP contribution in [0.2, 0.25) is 0 Å². The highest BCUT2D eigenvalue weighted by molar-refractivity contribution is 4.72. The van der Waals surface area contributed by atoms with Gasteiger partial charge in [0.2, 0.25) is 0 Å². The standard InChI is InChI=1S/C13H27N/c1-3-5-13(14)9-8-12-7-4-6-11(2)10-12/h11-13H,3-10,14H2,1-2H3. The number of nitrogens with two attached hydrogens (primary N) is 1. The van der Waals surface area contributed by atoms with Crippen molar-refractivity contribution in [2.75, 3.05) is 0 Å². The molecule has 1 fully saturated rings. The van der Waals surface area contributed by atoms with E-state index in [0.717, 1.165) is 11.8 Å². The highest BCUT2D eigenvalue weighted by Gasteiger charge is 2.18. The first kappa shape index (κ1) is 12.0. The third-order valence-corrected chi connectivity index (χ3v) is 3.65. The summed E-state index contributed by atoms with van der Waals surface area (Å²) in [6.07, 6.45) is 10.9. The maximum atomic E-state index is 6.04. The summed E-state index contributed by atoms with van der Waals surface area (Å²) in [7, 11) is 0. The van der Waals surface area contributed by atoms with Crippen LogP contribution in [-0.2, 0) is 0 Å². The average Bonchev–Trinajstić information content (AvgIpc) is 2.15. The molecule has 0 aromatic rings. The second kappa shape index (κ2) is 6.44. The fraction of sp³-hybridized carbons (Fsp3) is 1.00. The highest BCUT2D eigenvalue weighted by atomic mass is 14.6. The predicted octanol–water partition coefficient (Wildman–Crippen LogP) is 3.72. The Labute approximate surface area is 89.5 Å². The lowest BCUT2D eigenvalue weighted by Gasteiger charge is -2.27. The zero-order valence-corrected chi connectivity index (χ0v) is 9.97. The van der Waals surface area contributed by atoms with Crippen molar-refractivity contribution in [2.45, 2.75) is 71.3 Å². The van der Waals surface area contributed by atoms with Gasteiger partial charge in [0.15, 0.2) is 0 Å². The van der Waals surface area contributed by atoms with Crippen LogP contribution in [0, 0.1) is 11.8 Å². The smallest absolute Gasteiger partial charge is 0.00388 e. The topological polar surface area (TPSA) is 26.0 Å². The van der Waals surface area contributed by atoms with Crippen molar-refractivity contribution < 1.29 is 0 Å². The number of hydrogen-bond acceptors (Lipinski definition) is 1. The van der Waals surface area contributed by atoms with Gasteiger partial charge in [-0.3, -0.25) is 0 Å². The fourth-order valence-electron chi connectivity index (χ4n) is 2.79. The molecule has 0 aromatic carbocycles. The van der Waals surface area contributed by atoms with Gasteiger partial charge >= 0.3 is 0 Å². The van der Waals surface area contributed by atoms with Crippen LogP contribution in [0.1, 0.15) is 65.2 Å². The second-order valence-corrected chi connectivity index (χ2v) is 5.26. The predicted molar refractivity (Wildman–Crippen MR) is 63.2 cm³/mol. The first-order valence-electron chi connectivity index (χ1n) is 6.48. The van der Waals surface area contributed by atoms with Gasteiger partial charge in [-0.05, 0) is 37.5 Å². The van der Waals surface area contributed by atoms with Crippen LogP contribution in [0.3, 0.4) is 0 Å². The summed E-state index contributed by atoms with van der Waals surface area (Å²) in [4.78, 5) is 0. The third kappa shape index (κ3) is 4.45. The van der Waals surface area contributed by atoms with E-state index in [9.17, 15) is 0 Å². The minimum absolute atomic E-state index is 0.470. The molecule has 1 heteroatoms. The van der Waals surface area contributed by atoms with Crippen LogP contribution in [0.15, 0.2) is 0 Å². The minimum Gasteiger partial charge on any atom is -0.328 e. The zero-order valence-electron chi connectivity index (χ0n) is 9.97. The summed E-state index contributed by atoms with van der Waals surface area (Å²) < 4.78 is 0. The summed E-state index contributed by atoms with van der Waals surface area (Å²) >= 11 is 0. The Bertz CT molecular complexity index is 144. The van der Waals surface area contributed by atoms with Gasteiger partial charge in [-0.25, -0.2) is 0 Å². The Morgan fingerprint density at radius 3 is 2.71 bits per heavy atom. The van der Waals surface area contributed by atoms with Gasteiger partial charge in [-0.15, -0.1) is 0 Å². The zero-order chi connectivity index (χ0) is 10.4. The SMILES string of the molecule is CCCC(N)CCC1CCCC(C)C1. The van der Waals surface area contributed by atoms with Crippen LogP contribution in [0.4, 0.5) is 0 Å². The Balaban J connectivity index is 2.10. The molecule has 0 amide bonds. The lowest BCUT2D eigenvalue weighted by Crippen LogP contribution is -2.22. The molecule has 1 nitrogen and oxygen atoms in total. The van der Waals surface area contributed by atoms with E-state index in [0.29, 0.717) is 6.04 Å². The minimum atomic E-state index is 0.470. The summed E-state index contributed by atoms with van der Waals surface area (Å²) in [5.74, 6) is 1.96. The van der Waals surface area contributed by atoms with Gasteiger partial charge in [0.05, 0.1) is 0 Å². The van der Waals surface area contributed by atoms with Crippen molar-refractivity contribution in [3.63, 3.8) is 0 Å². The number of hydrogen-bond donors (Lipinski definition) is 1. The van der Waals surface area contributed by atoms with E-state index in [1.165, 1.54) is 51.4 Å². The molecule has 1 aliphatic carbocycles. The van der Waals surface area contributed by atoms with Crippen molar-refractivity contribution in [2.24, 2.45) is 17.6 Å². The van der Waals surface area contributed by atoms with Crippen molar-refractivity contribution in [1.82, 2.24) is 0 Å². The van der Waals surface area contributed by atoms with E-state index < -0.39 is 0 Å². The monoisotopic (exact) mass is 197 g/mol. The lowest BCUT2D eigenvalue weighted by molar-refractivity contribution is 0.260. The molecule has 0 aliphatic heterocycles. The van der Waals surface area contributed by atoms with Crippen molar-refractivity contribution in [1.29, 1.82) is 0 Å². The summed E-state index contributed by atoms with van der Waals surface area (Å²) in [6, 6.07) is 0.470. The lowest BCUT2D eigenvalue weighted by atomic mass is 9.79. The summed E-state index contributed by atoms with van der Waals surface area (Å²) in [5.41, 5.74) is 6.04. The molecule has 0 saturated heterocycles. The van der Waals surface area contributed by atoms with Gasteiger partial charge in [0.1, 0.15) is 0 Å². The van der Waals surface area contributed by atoms with Crippen molar-refractivity contribution in [3.8, 4) is 0 Å². The molecule has 14 heavy (non-hydrogen) atoms. The van der Waals surface area contributed by atoms with Gasteiger partial charge in [0.25, 0.3) is 0 Å². The molecule has 0 heterocycles. The van der Waals surface area contributed by atoms with E-state index in [1.807, 2.05) is 0 Å². The Morgan fingerprint density at radius 2 is 2.07 bits per heavy atom. The maximum absolute atomic E-state index is 6.04. The Hall–Kier alpha value is -0.0400. The van der Waals surface area contributed by atoms with E-state index in [1.54, 1.807) is 0 Å². The van der Waals surface area contributed by atoms with Crippen LogP contribution < -0.4 is 5.73 Å². The number of rotatable bonds is 5. The second-order valence-electron chi connectivity index (χ2n) is 5.26. The molecule has 0 bridgehead atoms. The molecule has 1 rings (SSSR count). The van der Waals surface area contributed by atoms with E-state index in [2.05, 4.69) is 13.8 Å². The largest absolute Gasteiger partial charge is 0.328 e. The summed E-state index contributed by atoms with van der Waals surface area (Å²) in [5, 5.41) is 0. The van der Waals surface area contributed by atoms with Crippen LogP contribution in [0.5, 0.6) is 0 Å². The third-order valence-electron chi connectivity index (χ3n) is 3.65. The summed E-state index contributed by atoms with van der Waals surface area (Å²) in [6.45, 7) is 4.63. The molecule has 2 N–H and O–H groups in total. The van der Waals surface area contributed by atoms with Gasteiger partial charge in [-0.1, -0.05) is 39.5 Å². The van der Waals surface area contributed by atoms with Crippen molar-refractivity contribution in [3.05, 3.63) is 0 Å². The first-order chi connectivity index (χ1) is 6.72. The van der Waals surface area contributed by atoms with Crippen LogP contribution >= 0.6 is 0 Å². The van der Waals surface area contributed by atoms with Crippen LogP contribution in [-0.4, -0.2) is 6.04 Å². The molecule has 1 saturated carbocycles. The Morgan fingerprint density at radius 1 is 1.29 bits per heavy atom. The Kier molecular flexibility index (Phi) is 5.54. The quantitative estimate of drug-likeness (QED) is 0.714. The molecule has 3 atom stereocenters. The molecule has 0 aromatic heterocycles. The van der Waals surface area contributed by atoms with E-state index >= 15 is 0 Å². The molecule has 84 valence electrons. The normalized spacial score (nSPS) is 30.2. The molecular weight excluding hydrogens is 170 g/mol. The van der Waals surface area contributed by atoms with Gasteiger partial charge in [0, 0.05) is 6.04 Å². The van der Waals surface area contributed by atoms with E-state index in [-0.39, 0.29) is 0 Å². The molecule has 0 radical (unpaired) electrons. The average molecular weight is 197 g/mol.